The topological polar surface area (TPSA) is 39.2 Å². The van der Waals surface area contributed by atoms with Crippen molar-refractivity contribution in [1.29, 1.82) is 0 Å². The van der Waals surface area contributed by atoms with E-state index in [0.29, 0.717) is 0 Å². The molecule has 5 heteroatoms. The summed E-state index contributed by atoms with van der Waals surface area (Å²) in [6.45, 7) is 0. The Hall–Kier alpha value is -1.59. The van der Waals surface area contributed by atoms with Crippen molar-refractivity contribution in [3.63, 3.8) is 0 Å². The van der Waals surface area contributed by atoms with Crippen molar-refractivity contribution in [2.45, 2.75) is 10.8 Å². The molecule has 3 nitrogen and oxygen atoms in total. The summed E-state index contributed by atoms with van der Waals surface area (Å²) in [5.74, 6) is -0.232. The molecule has 0 aliphatic heterocycles. The van der Waals surface area contributed by atoms with Crippen molar-refractivity contribution >= 4 is 41.2 Å². The van der Waals surface area contributed by atoms with Crippen LogP contribution in [-0.4, -0.2) is 24.3 Å². The maximum absolute atomic E-state index is 11.4. The first kappa shape index (κ1) is 14.8. The van der Waals surface area contributed by atoms with Gasteiger partial charge in [0.05, 0.1) is 19.2 Å². The smallest absolute Gasteiger partial charge is 0.309 e. The highest BCUT2D eigenvalue weighted by Crippen LogP contribution is 2.21. The van der Waals surface area contributed by atoms with Crippen molar-refractivity contribution in [3.8, 4) is 0 Å². The number of ether oxygens (including phenoxy) is 1. The van der Waals surface area contributed by atoms with E-state index in [1.165, 1.54) is 7.11 Å². The number of hydrogen-bond donors (Lipinski definition) is 0. The van der Waals surface area contributed by atoms with Crippen molar-refractivity contribution in [1.82, 2.24) is 4.98 Å². The van der Waals surface area contributed by atoms with Gasteiger partial charge in [0.25, 0.3) is 0 Å². The fourth-order valence-electron chi connectivity index (χ4n) is 1.70. The first-order chi connectivity index (χ1) is 9.72. The third-order valence-corrected chi connectivity index (χ3v) is 4.61. The van der Waals surface area contributed by atoms with Gasteiger partial charge in [0.15, 0.2) is 0 Å². The third kappa shape index (κ3) is 3.95. The molecule has 0 radical (unpaired) electrons. The van der Waals surface area contributed by atoms with Gasteiger partial charge in [-0.3, -0.25) is 4.79 Å². The number of hydrogen-bond acceptors (Lipinski definition) is 5. The number of rotatable bonds is 5. The summed E-state index contributed by atoms with van der Waals surface area (Å²) >= 11 is 3.27. The van der Waals surface area contributed by atoms with E-state index in [0.717, 1.165) is 21.2 Å². The molecule has 1 aromatic carbocycles. The normalized spacial score (nSPS) is 10.9. The van der Waals surface area contributed by atoms with Gasteiger partial charge in [0.1, 0.15) is 4.34 Å². The fraction of sp³-hybridized carbons (Fsp3) is 0.200. The standard InChI is InChI=1S/C15H15NO2S2/c1-18-14(17)9-12-6-4-3-5-11(12)7-8-13-10-20-15(16-13)19-2/h3-8,10H,9H2,1-2H3. The summed E-state index contributed by atoms with van der Waals surface area (Å²) in [6, 6.07) is 7.79. The molecular formula is C15H15NO2S2. The fourth-order valence-corrected chi connectivity index (χ4v) is 2.94. The minimum absolute atomic E-state index is 0.232. The van der Waals surface area contributed by atoms with Crippen LogP contribution in [0.5, 0.6) is 0 Å². The lowest BCUT2D eigenvalue weighted by molar-refractivity contribution is -0.139. The van der Waals surface area contributed by atoms with E-state index in [9.17, 15) is 4.79 Å². The Labute approximate surface area is 126 Å². The Morgan fingerprint density at radius 3 is 2.90 bits per heavy atom. The van der Waals surface area contributed by atoms with Crippen molar-refractivity contribution in [2.24, 2.45) is 0 Å². The van der Waals surface area contributed by atoms with Gasteiger partial charge in [0.2, 0.25) is 0 Å². The second-order valence-corrected chi connectivity index (χ2v) is 5.94. The first-order valence-electron chi connectivity index (χ1n) is 6.05. The van der Waals surface area contributed by atoms with Crippen molar-refractivity contribution < 1.29 is 9.53 Å². The molecule has 0 atom stereocenters. The quantitative estimate of drug-likeness (QED) is 0.623. The Morgan fingerprint density at radius 1 is 1.40 bits per heavy atom. The van der Waals surface area contributed by atoms with Gasteiger partial charge in [-0.2, -0.15) is 0 Å². The Bertz CT molecular complexity index is 620. The summed E-state index contributed by atoms with van der Waals surface area (Å²) in [6.07, 6.45) is 6.24. The number of benzene rings is 1. The zero-order chi connectivity index (χ0) is 14.4. The van der Waals surface area contributed by atoms with E-state index >= 15 is 0 Å². The summed E-state index contributed by atoms with van der Waals surface area (Å²) in [5, 5.41) is 2.02. The molecular weight excluding hydrogens is 290 g/mol. The molecule has 1 aromatic heterocycles. The molecule has 0 unspecified atom stereocenters. The highest BCUT2D eigenvalue weighted by molar-refractivity contribution is 8.00. The Morgan fingerprint density at radius 2 is 2.20 bits per heavy atom. The molecule has 0 aliphatic carbocycles. The number of aromatic nitrogens is 1. The lowest BCUT2D eigenvalue weighted by atomic mass is 10.0. The van der Waals surface area contributed by atoms with E-state index < -0.39 is 0 Å². The molecule has 1 heterocycles. The maximum atomic E-state index is 11.4. The number of esters is 1. The second-order valence-electron chi connectivity index (χ2n) is 4.03. The van der Waals surface area contributed by atoms with Gasteiger partial charge in [0, 0.05) is 5.38 Å². The number of nitrogens with zero attached hydrogens (tertiary/aromatic N) is 1. The van der Waals surface area contributed by atoms with E-state index in [-0.39, 0.29) is 12.4 Å². The van der Waals surface area contributed by atoms with Gasteiger partial charge in [-0.05, 0) is 23.5 Å². The molecule has 0 bridgehead atoms. The molecule has 0 saturated heterocycles. The monoisotopic (exact) mass is 305 g/mol. The lowest BCUT2D eigenvalue weighted by Gasteiger charge is -2.04. The van der Waals surface area contributed by atoms with Crippen LogP contribution < -0.4 is 0 Å². The van der Waals surface area contributed by atoms with E-state index in [4.69, 9.17) is 4.74 Å². The van der Waals surface area contributed by atoms with Crippen LogP contribution in [0.2, 0.25) is 0 Å². The lowest BCUT2D eigenvalue weighted by Crippen LogP contribution is -2.05. The van der Waals surface area contributed by atoms with Crippen LogP contribution in [0.4, 0.5) is 0 Å². The number of thiazole rings is 1. The molecule has 0 N–H and O–H groups in total. The number of carbonyl (C=O) groups excluding carboxylic acids is 1. The zero-order valence-electron chi connectivity index (χ0n) is 11.3. The summed E-state index contributed by atoms with van der Waals surface area (Å²) in [5.41, 5.74) is 2.90. The maximum Gasteiger partial charge on any atom is 0.309 e. The van der Waals surface area contributed by atoms with Gasteiger partial charge in [-0.25, -0.2) is 4.98 Å². The molecule has 0 aliphatic rings. The highest BCUT2D eigenvalue weighted by Gasteiger charge is 2.06. The largest absolute Gasteiger partial charge is 0.469 e. The van der Waals surface area contributed by atoms with Crippen LogP contribution >= 0.6 is 23.1 Å². The summed E-state index contributed by atoms with van der Waals surface area (Å²) < 4.78 is 5.76. The molecule has 0 amide bonds. The number of thioether (sulfide) groups is 1. The SMILES string of the molecule is COC(=O)Cc1ccccc1C=Cc1csc(SC)n1. The van der Waals surface area contributed by atoms with Crippen LogP contribution in [0.15, 0.2) is 34.0 Å². The highest BCUT2D eigenvalue weighted by atomic mass is 32.2. The number of carbonyl (C=O) groups is 1. The van der Waals surface area contributed by atoms with E-state index in [1.54, 1.807) is 23.1 Å². The van der Waals surface area contributed by atoms with E-state index in [2.05, 4.69) is 4.98 Å². The predicted molar refractivity (Wildman–Crippen MR) is 85.0 cm³/mol. The average molecular weight is 305 g/mol. The van der Waals surface area contributed by atoms with Crippen LogP contribution in [0, 0.1) is 0 Å². The van der Waals surface area contributed by atoms with Gasteiger partial charge < -0.3 is 4.74 Å². The van der Waals surface area contributed by atoms with Gasteiger partial charge in [-0.1, -0.05) is 42.1 Å². The minimum atomic E-state index is -0.232. The average Bonchev–Trinajstić information content (AvgIpc) is 2.94. The van der Waals surface area contributed by atoms with Crippen LogP contribution in [0.3, 0.4) is 0 Å². The zero-order valence-corrected chi connectivity index (χ0v) is 13.0. The molecule has 2 aromatic rings. The minimum Gasteiger partial charge on any atom is -0.469 e. The molecule has 2 rings (SSSR count). The summed E-state index contributed by atoms with van der Waals surface area (Å²) in [7, 11) is 1.40. The van der Waals surface area contributed by atoms with Crippen molar-refractivity contribution in [3.05, 3.63) is 46.5 Å². The summed E-state index contributed by atoms with van der Waals surface area (Å²) in [4.78, 5) is 15.8. The molecule has 104 valence electrons. The van der Waals surface area contributed by atoms with Crippen LogP contribution in [0.25, 0.3) is 12.2 Å². The Kier molecular flexibility index (Phi) is 5.38. The molecule has 0 fully saturated rings. The van der Waals surface area contributed by atoms with Crippen LogP contribution in [-0.2, 0) is 16.0 Å². The molecule has 0 spiro atoms. The predicted octanol–water partition coefficient (Wildman–Crippen LogP) is 3.75. The molecule has 20 heavy (non-hydrogen) atoms. The van der Waals surface area contributed by atoms with Crippen molar-refractivity contribution in [2.75, 3.05) is 13.4 Å². The van der Waals surface area contributed by atoms with E-state index in [1.807, 2.05) is 48.1 Å². The molecule has 0 saturated carbocycles. The second kappa shape index (κ2) is 7.26. The van der Waals surface area contributed by atoms with Gasteiger partial charge in [-0.15, -0.1) is 11.3 Å². The van der Waals surface area contributed by atoms with Gasteiger partial charge >= 0.3 is 5.97 Å². The Balaban J connectivity index is 2.18. The van der Waals surface area contributed by atoms with Crippen LogP contribution in [0.1, 0.15) is 16.8 Å². The first-order valence-corrected chi connectivity index (χ1v) is 8.15. The third-order valence-electron chi connectivity index (χ3n) is 2.73. The number of methoxy groups -OCH3 is 1.